The van der Waals surface area contributed by atoms with Gasteiger partial charge in [-0.15, -0.1) is 10.2 Å². The van der Waals surface area contributed by atoms with Gasteiger partial charge in [0.2, 0.25) is 16.2 Å². The van der Waals surface area contributed by atoms with Gasteiger partial charge in [-0.05, 0) is 18.3 Å². The molecule has 3 N–H and O–H groups in total. The fourth-order valence-corrected chi connectivity index (χ4v) is 2.80. The molecule has 0 aliphatic heterocycles. The molecule has 88 valence electrons. The van der Waals surface area contributed by atoms with Crippen molar-refractivity contribution in [2.24, 2.45) is 11.3 Å². The van der Waals surface area contributed by atoms with Crippen molar-refractivity contribution in [1.82, 2.24) is 10.2 Å². The van der Waals surface area contributed by atoms with Crippen molar-refractivity contribution in [1.29, 1.82) is 0 Å². The van der Waals surface area contributed by atoms with Crippen molar-refractivity contribution in [3.8, 4) is 0 Å². The van der Waals surface area contributed by atoms with E-state index in [1.54, 1.807) is 0 Å². The van der Waals surface area contributed by atoms with Gasteiger partial charge in [0, 0.05) is 5.92 Å². The van der Waals surface area contributed by atoms with Crippen LogP contribution >= 0.6 is 11.3 Å². The van der Waals surface area contributed by atoms with E-state index in [1.807, 2.05) is 0 Å². The Hall–Kier alpha value is -1.17. The maximum Gasteiger partial charge on any atom is 0.229 e. The molecule has 1 aliphatic carbocycles. The summed E-state index contributed by atoms with van der Waals surface area (Å²) in [4.78, 5) is 12.0. The fraction of sp³-hybridized carbons (Fsp3) is 0.700. The van der Waals surface area contributed by atoms with E-state index in [0.29, 0.717) is 10.3 Å². The molecule has 1 heterocycles. The molecule has 0 aromatic carbocycles. The van der Waals surface area contributed by atoms with E-state index < -0.39 is 0 Å². The van der Waals surface area contributed by atoms with Gasteiger partial charge in [-0.25, -0.2) is 0 Å². The number of hydrogen-bond acceptors (Lipinski definition) is 5. The van der Waals surface area contributed by atoms with Crippen LogP contribution in [0.25, 0.3) is 0 Å². The Morgan fingerprint density at radius 2 is 2.31 bits per heavy atom. The minimum Gasteiger partial charge on any atom is -0.374 e. The molecule has 0 saturated heterocycles. The molecule has 0 spiro atoms. The number of anilines is 2. The van der Waals surface area contributed by atoms with E-state index >= 15 is 0 Å². The molecule has 1 aromatic heterocycles. The fourth-order valence-electron chi connectivity index (χ4n) is 2.29. The molecule has 0 bridgehead atoms. The summed E-state index contributed by atoms with van der Waals surface area (Å²) in [5.74, 6) is 0.108. The maximum atomic E-state index is 12.0. The number of nitrogens with zero attached hydrogens (tertiary/aromatic N) is 2. The number of nitrogens with one attached hydrogen (secondary N) is 1. The van der Waals surface area contributed by atoms with Crippen molar-refractivity contribution in [3.63, 3.8) is 0 Å². The second kappa shape index (κ2) is 4.01. The maximum absolute atomic E-state index is 12.0. The summed E-state index contributed by atoms with van der Waals surface area (Å²) >= 11 is 1.20. The Morgan fingerprint density at radius 1 is 1.56 bits per heavy atom. The number of nitrogens with two attached hydrogens (primary N) is 1. The predicted molar refractivity (Wildman–Crippen MR) is 64.1 cm³/mol. The molecular formula is C10H16N4OS. The van der Waals surface area contributed by atoms with Gasteiger partial charge in [-0.2, -0.15) is 0 Å². The third kappa shape index (κ3) is 2.16. The van der Waals surface area contributed by atoms with Crippen molar-refractivity contribution in [3.05, 3.63) is 0 Å². The smallest absolute Gasteiger partial charge is 0.229 e. The molecule has 2 rings (SSSR count). The van der Waals surface area contributed by atoms with Gasteiger partial charge in [0.25, 0.3) is 0 Å². The lowest BCUT2D eigenvalue weighted by Crippen LogP contribution is -2.30. The molecule has 0 radical (unpaired) electrons. The number of carbonyl (C=O) groups excluding carboxylic acids is 1. The monoisotopic (exact) mass is 240 g/mol. The van der Waals surface area contributed by atoms with Gasteiger partial charge in [-0.3, -0.25) is 4.79 Å². The van der Waals surface area contributed by atoms with E-state index in [1.165, 1.54) is 11.3 Å². The van der Waals surface area contributed by atoms with Crippen LogP contribution in [0, 0.1) is 11.3 Å². The summed E-state index contributed by atoms with van der Waals surface area (Å²) < 4.78 is 0. The summed E-state index contributed by atoms with van der Waals surface area (Å²) in [5, 5.41) is 11.1. The summed E-state index contributed by atoms with van der Waals surface area (Å²) in [7, 11) is 0. The Balaban J connectivity index is 2.03. The highest BCUT2D eigenvalue weighted by atomic mass is 32.1. The normalized spacial score (nSPS) is 23.2. The third-order valence-electron chi connectivity index (χ3n) is 3.24. The first-order valence-corrected chi connectivity index (χ1v) is 6.20. The van der Waals surface area contributed by atoms with Gasteiger partial charge in [0.1, 0.15) is 0 Å². The first-order valence-electron chi connectivity index (χ1n) is 5.39. The van der Waals surface area contributed by atoms with Gasteiger partial charge >= 0.3 is 0 Å². The lowest BCUT2D eigenvalue weighted by molar-refractivity contribution is -0.122. The SMILES string of the molecule is CC1(C)CCCC1C(=O)Nc1nnc(N)s1. The summed E-state index contributed by atoms with van der Waals surface area (Å²) in [5.41, 5.74) is 5.54. The van der Waals surface area contributed by atoms with E-state index in [0.717, 1.165) is 19.3 Å². The lowest BCUT2D eigenvalue weighted by Gasteiger charge is -2.25. The molecule has 16 heavy (non-hydrogen) atoms. The van der Waals surface area contributed by atoms with E-state index in [-0.39, 0.29) is 17.2 Å². The molecular weight excluding hydrogens is 224 g/mol. The number of nitrogen functional groups attached to an aromatic ring is 1. The van der Waals surface area contributed by atoms with Crippen molar-refractivity contribution in [2.75, 3.05) is 11.1 Å². The topological polar surface area (TPSA) is 80.9 Å². The Labute approximate surface area is 98.4 Å². The number of aromatic nitrogens is 2. The molecule has 1 aliphatic rings. The minimum absolute atomic E-state index is 0.0404. The summed E-state index contributed by atoms with van der Waals surface area (Å²) in [6.07, 6.45) is 3.17. The number of amides is 1. The van der Waals surface area contributed by atoms with Crippen LogP contribution in [0.3, 0.4) is 0 Å². The number of rotatable bonds is 2. The standard InChI is InChI=1S/C10H16N4OS/c1-10(2)5-3-4-6(10)7(15)12-9-14-13-8(11)16-9/h6H,3-5H2,1-2H3,(H2,11,13)(H,12,14,15). The van der Waals surface area contributed by atoms with Crippen molar-refractivity contribution < 1.29 is 4.79 Å². The van der Waals surface area contributed by atoms with E-state index in [9.17, 15) is 4.79 Å². The summed E-state index contributed by atoms with van der Waals surface area (Å²) in [6, 6.07) is 0. The van der Waals surface area contributed by atoms with Gasteiger partial charge < -0.3 is 11.1 Å². The first kappa shape index (κ1) is 11.3. The van der Waals surface area contributed by atoms with E-state index in [4.69, 9.17) is 5.73 Å². The number of hydrogen-bond donors (Lipinski definition) is 2. The molecule has 1 fully saturated rings. The highest BCUT2D eigenvalue weighted by molar-refractivity contribution is 7.18. The Kier molecular flexibility index (Phi) is 2.84. The molecule has 1 saturated carbocycles. The van der Waals surface area contributed by atoms with Crippen LogP contribution in [-0.2, 0) is 4.79 Å². The zero-order valence-electron chi connectivity index (χ0n) is 9.49. The zero-order chi connectivity index (χ0) is 11.8. The molecule has 1 atom stereocenters. The predicted octanol–water partition coefficient (Wildman–Crippen LogP) is 1.89. The molecule has 1 aromatic rings. The molecule has 6 heteroatoms. The minimum atomic E-state index is 0.0404. The quantitative estimate of drug-likeness (QED) is 0.827. The van der Waals surface area contributed by atoms with Gasteiger partial charge in [-0.1, -0.05) is 31.6 Å². The zero-order valence-corrected chi connectivity index (χ0v) is 10.3. The second-order valence-corrected chi connectivity index (χ2v) is 5.88. The average molecular weight is 240 g/mol. The summed E-state index contributed by atoms with van der Waals surface area (Å²) in [6.45, 7) is 4.28. The van der Waals surface area contributed by atoms with Crippen molar-refractivity contribution in [2.45, 2.75) is 33.1 Å². The third-order valence-corrected chi connectivity index (χ3v) is 3.91. The molecule has 5 nitrogen and oxygen atoms in total. The lowest BCUT2D eigenvalue weighted by atomic mass is 9.81. The largest absolute Gasteiger partial charge is 0.374 e. The Bertz CT molecular complexity index is 401. The van der Waals surface area contributed by atoms with Crippen LogP contribution < -0.4 is 11.1 Å². The van der Waals surface area contributed by atoms with Crippen molar-refractivity contribution >= 4 is 27.5 Å². The number of carbonyl (C=O) groups is 1. The van der Waals surface area contributed by atoms with Crippen LogP contribution in [0.2, 0.25) is 0 Å². The first-order chi connectivity index (χ1) is 7.49. The molecule has 1 amide bonds. The van der Waals surface area contributed by atoms with Gasteiger partial charge in [0.15, 0.2) is 0 Å². The van der Waals surface area contributed by atoms with Crippen LogP contribution in [0.1, 0.15) is 33.1 Å². The van der Waals surface area contributed by atoms with Crippen LogP contribution in [0.15, 0.2) is 0 Å². The highest BCUT2D eigenvalue weighted by Gasteiger charge is 2.39. The van der Waals surface area contributed by atoms with Crippen LogP contribution in [-0.4, -0.2) is 16.1 Å². The second-order valence-electron chi connectivity index (χ2n) is 4.87. The molecule has 1 unspecified atom stereocenters. The Morgan fingerprint density at radius 3 is 2.81 bits per heavy atom. The average Bonchev–Trinajstić information content (AvgIpc) is 2.72. The van der Waals surface area contributed by atoms with E-state index in [2.05, 4.69) is 29.4 Å². The van der Waals surface area contributed by atoms with Gasteiger partial charge in [0.05, 0.1) is 0 Å². The highest BCUT2D eigenvalue weighted by Crippen LogP contribution is 2.43. The van der Waals surface area contributed by atoms with Crippen LogP contribution in [0.5, 0.6) is 0 Å². The van der Waals surface area contributed by atoms with Crippen LogP contribution in [0.4, 0.5) is 10.3 Å².